The van der Waals surface area contributed by atoms with Crippen LogP contribution in [-0.4, -0.2) is 20.6 Å². The fraction of sp³-hybridized carbons (Fsp3) is 0.167. The molecule has 0 spiro atoms. The van der Waals surface area contributed by atoms with Gasteiger partial charge in [0.25, 0.3) is 0 Å². The van der Waals surface area contributed by atoms with Crippen molar-refractivity contribution in [1.82, 2.24) is 9.55 Å². The van der Waals surface area contributed by atoms with Gasteiger partial charge in [0.2, 0.25) is 0 Å². The van der Waals surface area contributed by atoms with E-state index < -0.39 is 17.6 Å². The van der Waals surface area contributed by atoms with Crippen molar-refractivity contribution in [3.63, 3.8) is 0 Å². The van der Waals surface area contributed by atoms with Crippen LogP contribution in [0, 0.1) is 11.6 Å². The number of rotatable bonds is 4. The van der Waals surface area contributed by atoms with E-state index in [9.17, 15) is 13.6 Å². The van der Waals surface area contributed by atoms with Crippen LogP contribution in [0.4, 0.5) is 8.78 Å². The number of nitrogens with zero attached hydrogens (tertiary/aromatic N) is 2. The Morgan fingerprint density at radius 2 is 2.17 bits per heavy atom. The summed E-state index contributed by atoms with van der Waals surface area (Å²) in [7, 11) is 0. The fourth-order valence-electron chi connectivity index (χ4n) is 1.54. The molecule has 94 valence electrons. The van der Waals surface area contributed by atoms with E-state index in [0.29, 0.717) is 0 Å². The predicted molar refractivity (Wildman–Crippen MR) is 59.8 cm³/mol. The van der Waals surface area contributed by atoms with E-state index in [1.807, 2.05) is 0 Å². The minimum absolute atomic E-state index is 0.0541. The van der Waals surface area contributed by atoms with E-state index in [1.54, 1.807) is 0 Å². The van der Waals surface area contributed by atoms with E-state index in [-0.39, 0.29) is 24.2 Å². The molecule has 0 saturated carbocycles. The van der Waals surface area contributed by atoms with Gasteiger partial charge < -0.3 is 9.67 Å². The van der Waals surface area contributed by atoms with Crippen molar-refractivity contribution in [2.24, 2.45) is 0 Å². The third kappa shape index (κ3) is 2.71. The monoisotopic (exact) mass is 252 g/mol. The predicted octanol–water partition coefficient (Wildman–Crippen LogP) is 2.30. The number of hydrogen-bond acceptors (Lipinski definition) is 2. The summed E-state index contributed by atoms with van der Waals surface area (Å²) in [5.41, 5.74) is 0.335. The van der Waals surface area contributed by atoms with Gasteiger partial charge in [0.1, 0.15) is 11.6 Å². The van der Waals surface area contributed by atoms with E-state index in [2.05, 4.69) is 4.98 Å². The highest BCUT2D eigenvalue weighted by atomic mass is 19.1. The quantitative estimate of drug-likeness (QED) is 0.908. The Labute approximate surface area is 102 Å². The third-order valence-corrected chi connectivity index (χ3v) is 2.42. The summed E-state index contributed by atoms with van der Waals surface area (Å²) in [6.45, 7) is 0.235. The maximum absolute atomic E-state index is 13.5. The number of aryl methyl sites for hydroxylation is 1. The van der Waals surface area contributed by atoms with Gasteiger partial charge in [-0.05, 0) is 18.2 Å². The van der Waals surface area contributed by atoms with Crippen LogP contribution in [-0.2, 0) is 11.3 Å². The highest BCUT2D eigenvalue weighted by Gasteiger charge is 2.09. The van der Waals surface area contributed by atoms with Crippen LogP contribution in [0.5, 0.6) is 0 Å². The molecule has 1 heterocycles. The van der Waals surface area contributed by atoms with Gasteiger partial charge in [0.15, 0.2) is 0 Å². The number of carbonyl (C=O) groups is 1. The number of halogens is 2. The summed E-state index contributed by atoms with van der Waals surface area (Å²) in [5, 5.41) is 8.54. The van der Waals surface area contributed by atoms with Crippen molar-refractivity contribution in [3.8, 4) is 11.3 Å². The first-order valence-corrected chi connectivity index (χ1v) is 5.25. The zero-order valence-electron chi connectivity index (χ0n) is 9.31. The van der Waals surface area contributed by atoms with Crippen molar-refractivity contribution in [2.45, 2.75) is 13.0 Å². The number of carboxylic acid groups (broad SMARTS) is 1. The first-order chi connectivity index (χ1) is 8.56. The molecule has 4 nitrogen and oxygen atoms in total. The summed E-state index contributed by atoms with van der Waals surface area (Å²) >= 11 is 0. The van der Waals surface area contributed by atoms with Crippen LogP contribution in [0.2, 0.25) is 0 Å². The van der Waals surface area contributed by atoms with E-state index in [1.165, 1.54) is 17.1 Å². The number of aromatic nitrogens is 2. The summed E-state index contributed by atoms with van der Waals surface area (Å²) in [4.78, 5) is 14.3. The minimum Gasteiger partial charge on any atom is -0.481 e. The molecular formula is C12H10F2N2O2. The molecule has 2 rings (SSSR count). The number of benzene rings is 1. The second-order valence-corrected chi connectivity index (χ2v) is 3.76. The SMILES string of the molecule is O=C(O)CCn1cnc(-c2cc(F)ccc2F)c1. The molecule has 6 heteroatoms. The molecule has 1 aromatic carbocycles. The van der Waals surface area contributed by atoms with Gasteiger partial charge >= 0.3 is 5.97 Å². The Hall–Kier alpha value is -2.24. The van der Waals surface area contributed by atoms with Gasteiger partial charge in [-0.15, -0.1) is 0 Å². The Morgan fingerprint density at radius 3 is 2.89 bits per heavy atom. The lowest BCUT2D eigenvalue weighted by Gasteiger charge is -1.99. The Kier molecular flexibility index (Phi) is 3.36. The maximum atomic E-state index is 13.5. The molecule has 1 aromatic heterocycles. The lowest BCUT2D eigenvalue weighted by atomic mass is 10.1. The zero-order chi connectivity index (χ0) is 13.1. The van der Waals surface area contributed by atoms with Crippen LogP contribution in [0.1, 0.15) is 6.42 Å². The van der Waals surface area contributed by atoms with E-state index in [4.69, 9.17) is 5.11 Å². The van der Waals surface area contributed by atoms with Crippen molar-refractivity contribution in [3.05, 3.63) is 42.4 Å². The van der Waals surface area contributed by atoms with Gasteiger partial charge in [-0.1, -0.05) is 0 Å². The van der Waals surface area contributed by atoms with Crippen LogP contribution in [0.3, 0.4) is 0 Å². The first-order valence-electron chi connectivity index (χ1n) is 5.25. The van der Waals surface area contributed by atoms with Crippen LogP contribution in [0.15, 0.2) is 30.7 Å². The summed E-state index contributed by atoms with van der Waals surface area (Å²) < 4.78 is 28.0. The lowest BCUT2D eigenvalue weighted by Crippen LogP contribution is -2.02. The average molecular weight is 252 g/mol. The lowest BCUT2D eigenvalue weighted by molar-refractivity contribution is -0.137. The zero-order valence-corrected chi connectivity index (χ0v) is 9.31. The van der Waals surface area contributed by atoms with E-state index in [0.717, 1.165) is 18.2 Å². The maximum Gasteiger partial charge on any atom is 0.305 e. The van der Waals surface area contributed by atoms with Crippen LogP contribution < -0.4 is 0 Å². The summed E-state index contributed by atoms with van der Waals surface area (Å²) in [6, 6.07) is 3.11. The molecular weight excluding hydrogens is 242 g/mol. The molecule has 0 bridgehead atoms. The summed E-state index contributed by atoms with van der Waals surface area (Å²) in [6.07, 6.45) is 2.82. The van der Waals surface area contributed by atoms with Crippen LogP contribution >= 0.6 is 0 Å². The molecule has 0 atom stereocenters. The highest BCUT2D eigenvalue weighted by molar-refractivity contribution is 5.66. The van der Waals surface area contributed by atoms with Crippen molar-refractivity contribution >= 4 is 5.97 Å². The van der Waals surface area contributed by atoms with Crippen molar-refractivity contribution < 1.29 is 18.7 Å². The molecule has 1 N–H and O–H groups in total. The van der Waals surface area contributed by atoms with Gasteiger partial charge in [0, 0.05) is 18.3 Å². The van der Waals surface area contributed by atoms with Crippen molar-refractivity contribution in [2.75, 3.05) is 0 Å². The highest BCUT2D eigenvalue weighted by Crippen LogP contribution is 2.21. The fourth-order valence-corrected chi connectivity index (χ4v) is 1.54. The molecule has 0 radical (unpaired) electrons. The van der Waals surface area contributed by atoms with Crippen LogP contribution in [0.25, 0.3) is 11.3 Å². The number of hydrogen-bond donors (Lipinski definition) is 1. The smallest absolute Gasteiger partial charge is 0.305 e. The van der Waals surface area contributed by atoms with Gasteiger partial charge in [-0.25, -0.2) is 13.8 Å². The Bertz CT molecular complexity index is 581. The molecule has 0 aliphatic rings. The Balaban J connectivity index is 2.23. The third-order valence-electron chi connectivity index (χ3n) is 2.42. The van der Waals surface area contributed by atoms with Crippen molar-refractivity contribution in [1.29, 1.82) is 0 Å². The topological polar surface area (TPSA) is 55.1 Å². The van der Waals surface area contributed by atoms with Gasteiger partial charge in [-0.2, -0.15) is 0 Å². The summed E-state index contributed by atoms with van der Waals surface area (Å²) in [5.74, 6) is -2.05. The minimum atomic E-state index is -0.929. The van der Waals surface area contributed by atoms with Gasteiger partial charge in [-0.3, -0.25) is 4.79 Å². The number of carboxylic acids is 1. The molecule has 0 unspecified atom stereocenters. The van der Waals surface area contributed by atoms with E-state index >= 15 is 0 Å². The molecule has 0 aliphatic carbocycles. The second kappa shape index (κ2) is 4.95. The average Bonchev–Trinajstić information content (AvgIpc) is 2.78. The number of imidazole rings is 1. The largest absolute Gasteiger partial charge is 0.481 e. The van der Waals surface area contributed by atoms with Gasteiger partial charge in [0.05, 0.1) is 18.4 Å². The number of aliphatic carboxylic acids is 1. The second-order valence-electron chi connectivity index (χ2n) is 3.76. The Morgan fingerprint density at radius 1 is 1.39 bits per heavy atom. The normalized spacial score (nSPS) is 10.6. The molecule has 0 aliphatic heterocycles. The molecule has 0 amide bonds. The standard InChI is InChI=1S/C12H10F2N2O2/c13-8-1-2-10(14)9(5-8)11-6-16(7-15-11)4-3-12(17)18/h1-2,5-7H,3-4H2,(H,17,18). The molecule has 18 heavy (non-hydrogen) atoms. The first kappa shape index (κ1) is 12.2. The molecule has 0 fully saturated rings. The molecule has 2 aromatic rings. The molecule has 0 saturated heterocycles.